The Balaban J connectivity index is 1.50. The van der Waals surface area contributed by atoms with Gasteiger partial charge in [-0.25, -0.2) is 0 Å². The summed E-state index contributed by atoms with van der Waals surface area (Å²) in [5.74, 6) is 0.214. The van der Waals surface area contributed by atoms with Gasteiger partial charge in [-0.1, -0.05) is 42.8 Å². The number of amides is 2. The highest BCUT2D eigenvalue weighted by Crippen LogP contribution is 2.26. The highest BCUT2D eigenvalue weighted by Gasteiger charge is 2.20. The van der Waals surface area contributed by atoms with Gasteiger partial charge in [-0.05, 0) is 48.2 Å². The van der Waals surface area contributed by atoms with Crippen molar-refractivity contribution in [3.63, 3.8) is 0 Å². The number of aromatic nitrogens is 2. The molecule has 168 valence electrons. The van der Waals surface area contributed by atoms with E-state index in [1.165, 1.54) is 11.3 Å². The Kier molecular flexibility index (Phi) is 7.16. The molecule has 0 fully saturated rings. The van der Waals surface area contributed by atoms with Crippen LogP contribution >= 0.6 is 22.9 Å². The fourth-order valence-electron chi connectivity index (χ4n) is 3.26. The molecule has 0 saturated carbocycles. The third-order valence-electron chi connectivity index (χ3n) is 4.79. The maximum Gasteiger partial charge on any atom is 0.265 e. The van der Waals surface area contributed by atoms with Crippen LogP contribution in [0.5, 0.6) is 0 Å². The van der Waals surface area contributed by atoms with Gasteiger partial charge in [-0.2, -0.15) is 0 Å². The number of hydrogen-bond donors (Lipinski definition) is 1. The van der Waals surface area contributed by atoms with E-state index in [1.807, 2.05) is 30.5 Å². The maximum atomic E-state index is 13.2. The molecular weight excluding hydrogens is 460 g/mol. The lowest BCUT2D eigenvalue weighted by atomic mass is 10.1. The zero-order chi connectivity index (χ0) is 23.2. The average Bonchev–Trinajstić information content (AvgIpc) is 3.51. The number of hydrogen-bond acceptors (Lipinski definition) is 6. The summed E-state index contributed by atoms with van der Waals surface area (Å²) in [6.07, 6.45) is 0.756. The Morgan fingerprint density at radius 3 is 2.70 bits per heavy atom. The second kappa shape index (κ2) is 10.4. The van der Waals surface area contributed by atoms with Crippen molar-refractivity contribution in [1.82, 2.24) is 15.1 Å². The van der Waals surface area contributed by atoms with E-state index < -0.39 is 0 Å². The number of nitrogens with zero attached hydrogens (tertiary/aromatic N) is 3. The van der Waals surface area contributed by atoms with Crippen LogP contribution in [0.4, 0.5) is 5.69 Å². The molecule has 0 aliphatic heterocycles. The molecule has 7 nitrogen and oxygen atoms in total. The molecule has 4 aromatic rings. The second-order valence-electron chi connectivity index (χ2n) is 7.22. The molecule has 0 spiro atoms. The van der Waals surface area contributed by atoms with Crippen molar-refractivity contribution in [2.75, 3.05) is 11.9 Å². The van der Waals surface area contributed by atoms with E-state index in [0.717, 1.165) is 6.42 Å². The van der Waals surface area contributed by atoms with Gasteiger partial charge >= 0.3 is 0 Å². The molecule has 0 radical (unpaired) electrons. The molecule has 1 N–H and O–H groups in total. The van der Waals surface area contributed by atoms with Gasteiger partial charge < -0.3 is 14.6 Å². The van der Waals surface area contributed by atoms with Crippen LogP contribution in [0.15, 0.2) is 70.5 Å². The summed E-state index contributed by atoms with van der Waals surface area (Å²) in [7, 11) is 0. The lowest BCUT2D eigenvalue weighted by Gasteiger charge is -2.20. The summed E-state index contributed by atoms with van der Waals surface area (Å²) in [6.45, 7) is 2.66. The predicted molar refractivity (Wildman–Crippen MR) is 128 cm³/mol. The molecule has 33 heavy (non-hydrogen) atoms. The second-order valence-corrected chi connectivity index (χ2v) is 8.57. The molecule has 0 unspecified atom stereocenters. The van der Waals surface area contributed by atoms with Gasteiger partial charge in [-0.3, -0.25) is 9.59 Å². The summed E-state index contributed by atoms with van der Waals surface area (Å²) in [6, 6.07) is 17.6. The molecule has 0 aliphatic carbocycles. The van der Waals surface area contributed by atoms with Crippen LogP contribution in [0.1, 0.15) is 39.3 Å². The van der Waals surface area contributed by atoms with Crippen LogP contribution in [-0.2, 0) is 6.54 Å². The first kappa shape index (κ1) is 22.7. The Labute approximate surface area is 200 Å². The number of anilines is 1. The van der Waals surface area contributed by atoms with Gasteiger partial charge in [0.2, 0.25) is 11.8 Å². The van der Waals surface area contributed by atoms with E-state index in [9.17, 15) is 9.59 Å². The van der Waals surface area contributed by atoms with Crippen molar-refractivity contribution in [2.45, 2.75) is 19.9 Å². The van der Waals surface area contributed by atoms with Crippen LogP contribution in [0.2, 0.25) is 5.02 Å². The fourth-order valence-corrected chi connectivity index (χ4v) is 4.10. The van der Waals surface area contributed by atoms with E-state index in [-0.39, 0.29) is 18.4 Å². The number of rotatable bonds is 8. The first-order valence-corrected chi connectivity index (χ1v) is 11.6. The van der Waals surface area contributed by atoms with Gasteiger partial charge in [0.05, 0.1) is 22.0 Å². The van der Waals surface area contributed by atoms with Gasteiger partial charge in [0.1, 0.15) is 0 Å². The van der Waals surface area contributed by atoms with Crippen LogP contribution < -0.4 is 5.32 Å². The number of thiophene rings is 1. The lowest BCUT2D eigenvalue weighted by Crippen LogP contribution is -2.31. The first-order chi connectivity index (χ1) is 16.0. The number of halogens is 1. The van der Waals surface area contributed by atoms with Crippen LogP contribution in [0, 0.1) is 0 Å². The number of nitrogens with one attached hydrogen (secondary N) is 1. The zero-order valence-corrected chi connectivity index (χ0v) is 19.4. The first-order valence-electron chi connectivity index (χ1n) is 10.4. The zero-order valence-electron chi connectivity index (χ0n) is 17.8. The van der Waals surface area contributed by atoms with Crippen molar-refractivity contribution < 1.29 is 14.0 Å². The topological polar surface area (TPSA) is 88.3 Å². The summed E-state index contributed by atoms with van der Waals surface area (Å²) >= 11 is 7.57. The van der Waals surface area contributed by atoms with Crippen molar-refractivity contribution in [3.8, 4) is 11.5 Å². The average molecular weight is 481 g/mol. The molecule has 2 aromatic heterocycles. The van der Waals surface area contributed by atoms with Crippen molar-refractivity contribution in [3.05, 3.63) is 87.4 Å². The van der Waals surface area contributed by atoms with E-state index in [1.54, 1.807) is 47.4 Å². The summed E-state index contributed by atoms with van der Waals surface area (Å²) in [5.41, 5.74) is 1.65. The smallest absolute Gasteiger partial charge is 0.265 e. The summed E-state index contributed by atoms with van der Waals surface area (Å²) in [4.78, 5) is 27.8. The molecule has 9 heteroatoms. The molecule has 2 heterocycles. The highest BCUT2D eigenvalue weighted by atomic mass is 35.5. The molecular formula is C24H21ClN4O3S. The van der Waals surface area contributed by atoms with Gasteiger partial charge in [0, 0.05) is 17.8 Å². The predicted octanol–water partition coefficient (Wildman–Crippen LogP) is 5.76. The molecule has 4 rings (SSSR count). The SMILES string of the molecule is CCCN(Cc1nnc(-c2ccccc2Cl)o1)C(=O)c1cccc(NC(=O)c2cccs2)c1. The summed E-state index contributed by atoms with van der Waals surface area (Å²) in [5, 5.41) is 13.4. The Morgan fingerprint density at radius 2 is 1.94 bits per heavy atom. The van der Waals surface area contributed by atoms with E-state index in [2.05, 4.69) is 15.5 Å². The monoisotopic (exact) mass is 480 g/mol. The number of carbonyl (C=O) groups is 2. The van der Waals surface area contributed by atoms with E-state index in [4.69, 9.17) is 16.0 Å². The largest absolute Gasteiger partial charge is 0.419 e. The van der Waals surface area contributed by atoms with Crippen molar-refractivity contribution >= 4 is 40.4 Å². The van der Waals surface area contributed by atoms with E-state index in [0.29, 0.717) is 45.0 Å². The van der Waals surface area contributed by atoms with Gasteiger partial charge in [0.15, 0.2) is 0 Å². The van der Waals surface area contributed by atoms with Crippen LogP contribution in [0.25, 0.3) is 11.5 Å². The number of benzene rings is 2. The molecule has 0 bridgehead atoms. The van der Waals surface area contributed by atoms with Crippen molar-refractivity contribution in [1.29, 1.82) is 0 Å². The van der Waals surface area contributed by atoms with Gasteiger partial charge in [0.25, 0.3) is 11.8 Å². The normalized spacial score (nSPS) is 10.7. The Morgan fingerprint density at radius 1 is 1.09 bits per heavy atom. The molecule has 0 aliphatic rings. The molecule has 0 saturated heterocycles. The molecule has 2 aromatic carbocycles. The Hall–Kier alpha value is -3.49. The van der Waals surface area contributed by atoms with E-state index >= 15 is 0 Å². The standard InChI is InChI=1S/C24H21ClN4O3S/c1-2-12-29(15-21-27-28-23(32-21)18-9-3-4-10-19(18)25)24(31)16-7-5-8-17(14-16)26-22(30)20-11-6-13-33-20/h3-11,13-14H,2,12,15H2,1H3,(H,26,30). The minimum Gasteiger partial charge on any atom is -0.419 e. The minimum atomic E-state index is -0.210. The minimum absolute atomic E-state index is 0.163. The fraction of sp³-hybridized carbons (Fsp3) is 0.167. The highest BCUT2D eigenvalue weighted by molar-refractivity contribution is 7.12. The maximum absolute atomic E-state index is 13.2. The lowest BCUT2D eigenvalue weighted by molar-refractivity contribution is 0.0728. The third kappa shape index (κ3) is 5.47. The van der Waals surface area contributed by atoms with Crippen LogP contribution in [0.3, 0.4) is 0 Å². The van der Waals surface area contributed by atoms with Gasteiger partial charge in [-0.15, -0.1) is 21.5 Å². The van der Waals surface area contributed by atoms with Crippen molar-refractivity contribution in [2.24, 2.45) is 0 Å². The summed E-state index contributed by atoms with van der Waals surface area (Å²) < 4.78 is 5.77. The third-order valence-corrected chi connectivity index (χ3v) is 5.99. The van der Waals surface area contributed by atoms with Crippen LogP contribution in [-0.4, -0.2) is 33.5 Å². The molecule has 2 amide bonds. The molecule has 0 atom stereocenters. The quantitative estimate of drug-likeness (QED) is 0.346. The number of carbonyl (C=O) groups excluding carboxylic acids is 2. The Bertz CT molecular complexity index is 1260.